The molecule has 0 saturated heterocycles. The Bertz CT molecular complexity index is 554. The van der Waals surface area contributed by atoms with Crippen molar-refractivity contribution in [1.29, 1.82) is 0 Å². The van der Waals surface area contributed by atoms with E-state index in [1.807, 2.05) is 37.3 Å². The molecule has 0 amide bonds. The summed E-state index contributed by atoms with van der Waals surface area (Å²) in [5.41, 5.74) is 1.53. The second kappa shape index (κ2) is 6.40. The summed E-state index contributed by atoms with van der Waals surface area (Å²) in [4.78, 5) is 0. The van der Waals surface area contributed by atoms with Crippen LogP contribution in [0.15, 0.2) is 46.9 Å². The largest absolute Gasteiger partial charge is 0.375 e. The summed E-state index contributed by atoms with van der Waals surface area (Å²) in [5.74, 6) is -0.269. The lowest BCUT2D eigenvalue weighted by atomic mass is 10.0. The molecule has 0 radical (unpaired) electrons. The molecule has 0 aromatic heterocycles. The predicted molar refractivity (Wildman–Crippen MR) is 82.2 cm³/mol. The quantitative estimate of drug-likeness (QED) is 0.740. The predicted octanol–water partition coefficient (Wildman–Crippen LogP) is 5.80. The average molecular weight is 343 g/mol. The number of hydrogen-bond acceptors (Lipinski definition) is 1. The van der Waals surface area contributed by atoms with Gasteiger partial charge in [-0.05, 0) is 52.2 Å². The molecule has 0 spiro atoms. The van der Waals surface area contributed by atoms with Crippen molar-refractivity contribution in [3.63, 3.8) is 0 Å². The summed E-state index contributed by atoms with van der Waals surface area (Å²) in [6.45, 7) is 2.05. The number of nitrogens with one attached hydrogen (secondary N) is 1. The van der Waals surface area contributed by atoms with Crippen LogP contribution < -0.4 is 5.32 Å². The van der Waals surface area contributed by atoms with E-state index in [2.05, 4.69) is 21.2 Å². The van der Waals surface area contributed by atoms with Crippen molar-refractivity contribution in [3.05, 3.63) is 63.3 Å². The highest BCUT2D eigenvalue weighted by Crippen LogP contribution is 2.31. The third-order valence-corrected chi connectivity index (χ3v) is 3.84. The van der Waals surface area contributed by atoms with Crippen molar-refractivity contribution in [2.75, 3.05) is 5.32 Å². The normalized spacial score (nSPS) is 12.2. The zero-order chi connectivity index (χ0) is 13.8. The Morgan fingerprint density at radius 1 is 1.26 bits per heavy atom. The van der Waals surface area contributed by atoms with E-state index in [1.54, 1.807) is 6.07 Å². The maximum atomic E-state index is 13.8. The number of halogens is 3. The van der Waals surface area contributed by atoms with Gasteiger partial charge in [0.05, 0.1) is 11.7 Å². The Morgan fingerprint density at radius 3 is 2.63 bits per heavy atom. The van der Waals surface area contributed by atoms with Gasteiger partial charge < -0.3 is 5.32 Å². The van der Waals surface area contributed by atoms with E-state index < -0.39 is 0 Å². The number of hydrogen-bond donors (Lipinski definition) is 1. The van der Waals surface area contributed by atoms with Gasteiger partial charge in [0.1, 0.15) is 5.82 Å². The third kappa shape index (κ3) is 3.48. The molecule has 0 aliphatic heterocycles. The highest BCUT2D eigenvalue weighted by atomic mass is 79.9. The van der Waals surface area contributed by atoms with Crippen LogP contribution in [-0.2, 0) is 0 Å². The van der Waals surface area contributed by atoms with Crippen LogP contribution in [0.3, 0.4) is 0 Å². The van der Waals surface area contributed by atoms with Gasteiger partial charge in [0.15, 0.2) is 0 Å². The minimum absolute atomic E-state index is 0.0203. The molecule has 0 heterocycles. The van der Waals surface area contributed by atoms with Gasteiger partial charge in [-0.1, -0.05) is 36.7 Å². The minimum atomic E-state index is -0.269. The van der Waals surface area contributed by atoms with Crippen molar-refractivity contribution in [2.45, 2.75) is 19.4 Å². The molecular formula is C15H14BrClFN. The van der Waals surface area contributed by atoms with Gasteiger partial charge >= 0.3 is 0 Å². The van der Waals surface area contributed by atoms with Crippen molar-refractivity contribution < 1.29 is 4.39 Å². The van der Waals surface area contributed by atoms with E-state index in [-0.39, 0.29) is 11.9 Å². The van der Waals surface area contributed by atoms with Crippen LogP contribution in [-0.4, -0.2) is 0 Å². The summed E-state index contributed by atoms with van der Waals surface area (Å²) in [6, 6.07) is 12.6. The second-order valence-corrected chi connectivity index (χ2v) is 5.55. The van der Waals surface area contributed by atoms with E-state index in [1.165, 1.54) is 6.07 Å². The fourth-order valence-corrected chi connectivity index (χ4v) is 2.61. The number of para-hydroxylation sites is 1. The first kappa shape index (κ1) is 14.4. The van der Waals surface area contributed by atoms with Crippen molar-refractivity contribution >= 4 is 33.2 Å². The van der Waals surface area contributed by atoms with Gasteiger partial charge in [-0.25, -0.2) is 4.39 Å². The Hall–Kier alpha value is -1.06. The molecule has 1 nitrogen and oxygen atoms in total. The van der Waals surface area contributed by atoms with Crippen LogP contribution in [0.25, 0.3) is 0 Å². The van der Waals surface area contributed by atoms with Crippen LogP contribution in [0, 0.1) is 5.82 Å². The van der Waals surface area contributed by atoms with Crippen molar-refractivity contribution in [2.24, 2.45) is 0 Å². The fourth-order valence-electron chi connectivity index (χ4n) is 1.95. The standard InChI is InChI=1S/C15H14BrClFN/c1-2-14(10-5-3-6-11(17)9-10)19-15-12(16)7-4-8-13(15)18/h3-9,14,19H,2H2,1H3. The fraction of sp³-hybridized carbons (Fsp3) is 0.200. The van der Waals surface area contributed by atoms with Crippen LogP contribution in [0.4, 0.5) is 10.1 Å². The van der Waals surface area contributed by atoms with Gasteiger partial charge in [-0.15, -0.1) is 0 Å². The first-order chi connectivity index (χ1) is 9.11. The monoisotopic (exact) mass is 341 g/mol. The van der Waals surface area contributed by atoms with Crippen molar-refractivity contribution in [1.82, 2.24) is 0 Å². The highest BCUT2D eigenvalue weighted by Gasteiger charge is 2.14. The topological polar surface area (TPSA) is 12.0 Å². The Balaban J connectivity index is 2.29. The van der Waals surface area contributed by atoms with E-state index in [0.717, 1.165) is 12.0 Å². The molecule has 4 heteroatoms. The lowest BCUT2D eigenvalue weighted by molar-refractivity contribution is 0.623. The maximum absolute atomic E-state index is 13.8. The zero-order valence-corrected chi connectivity index (χ0v) is 12.8. The number of anilines is 1. The second-order valence-electron chi connectivity index (χ2n) is 4.26. The van der Waals surface area contributed by atoms with Gasteiger partial charge in [0.2, 0.25) is 0 Å². The van der Waals surface area contributed by atoms with Crippen molar-refractivity contribution in [3.8, 4) is 0 Å². The summed E-state index contributed by atoms with van der Waals surface area (Å²) in [6.07, 6.45) is 0.834. The molecule has 2 aromatic rings. The molecule has 19 heavy (non-hydrogen) atoms. The highest BCUT2D eigenvalue weighted by molar-refractivity contribution is 9.10. The molecular weight excluding hydrogens is 329 g/mol. The Kier molecular flexibility index (Phi) is 4.83. The van der Waals surface area contributed by atoms with Crippen LogP contribution in [0.1, 0.15) is 24.9 Å². The molecule has 2 aromatic carbocycles. The van der Waals surface area contributed by atoms with Crippen LogP contribution >= 0.6 is 27.5 Å². The molecule has 0 aliphatic rings. The van der Waals surface area contributed by atoms with Gasteiger partial charge in [0.25, 0.3) is 0 Å². The lowest BCUT2D eigenvalue weighted by Gasteiger charge is -2.20. The average Bonchev–Trinajstić information content (AvgIpc) is 2.38. The molecule has 0 aliphatic carbocycles. The Morgan fingerprint density at radius 2 is 2.00 bits per heavy atom. The summed E-state index contributed by atoms with van der Waals surface area (Å²) in [7, 11) is 0. The molecule has 0 saturated carbocycles. The zero-order valence-electron chi connectivity index (χ0n) is 10.5. The smallest absolute Gasteiger partial charge is 0.147 e. The molecule has 100 valence electrons. The first-order valence-electron chi connectivity index (χ1n) is 6.08. The number of rotatable bonds is 4. The molecule has 2 rings (SSSR count). The van der Waals surface area contributed by atoms with E-state index in [4.69, 9.17) is 11.6 Å². The summed E-state index contributed by atoms with van der Waals surface area (Å²) >= 11 is 9.36. The lowest BCUT2D eigenvalue weighted by Crippen LogP contribution is -2.11. The summed E-state index contributed by atoms with van der Waals surface area (Å²) in [5, 5.41) is 3.91. The van der Waals surface area contributed by atoms with Gasteiger partial charge in [0, 0.05) is 9.50 Å². The molecule has 0 bridgehead atoms. The van der Waals surface area contributed by atoms with E-state index in [0.29, 0.717) is 15.2 Å². The summed E-state index contributed by atoms with van der Waals surface area (Å²) < 4.78 is 14.5. The SMILES string of the molecule is CCC(Nc1c(F)cccc1Br)c1cccc(Cl)c1. The van der Waals surface area contributed by atoms with E-state index >= 15 is 0 Å². The van der Waals surface area contributed by atoms with E-state index in [9.17, 15) is 4.39 Å². The Labute approximate surface area is 125 Å². The van der Waals surface area contributed by atoms with Crippen LogP contribution in [0.2, 0.25) is 5.02 Å². The third-order valence-electron chi connectivity index (χ3n) is 2.94. The molecule has 1 unspecified atom stereocenters. The minimum Gasteiger partial charge on any atom is -0.375 e. The first-order valence-corrected chi connectivity index (χ1v) is 7.25. The molecule has 0 fully saturated rings. The van der Waals surface area contributed by atoms with Gasteiger partial charge in [-0.3, -0.25) is 0 Å². The van der Waals surface area contributed by atoms with Gasteiger partial charge in [-0.2, -0.15) is 0 Å². The van der Waals surface area contributed by atoms with Crippen LogP contribution in [0.5, 0.6) is 0 Å². The molecule has 1 N–H and O–H groups in total. The molecule has 1 atom stereocenters. The number of benzene rings is 2. The maximum Gasteiger partial charge on any atom is 0.147 e.